The van der Waals surface area contributed by atoms with E-state index < -0.39 is 41.8 Å². The van der Waals surface area contributed by atoms with Gasteiger partial charge in [0.15, 0.2) is 6.61 Å². The molecular weight excluding hydrogens is 360 g/mol. The molecule has 1 amide bonds. The molecule has 1 saturated heterocycles. The molecule has 22 heavy (non-hydrogen) atoms. The van der Waals surface area contributed by atoms with Crippen LogP contribution >= 0.6 is 24.0 Å². The van der Waals surface area contributed by atoms with Gasteiger partial charge in [-0.2, -0.15) is 0 Å². The Morgan fingerprint density at radius 2 is 2.00 bits per heavy atom. The van der Waals surface area contributed by atoms with E-state index in [1.54, 1.807) is 0 Å². The summed E-state index contributed by atoms with van der Waals surface area (Å²) in [6.07, 6.45) is -6.01. The molecule has 1 N–H and O–H groups in total. The van der Waals surface area contributed by atoms with E-state index in [9.17, 15) is 26.7 Å². The molecule has 11 heteroatoms. The van der Waals surface area contributed by atoms with Crippen molar-refractivity contribution in [1.29, 1.82) is 0 Å². The summed E-state index contributed by atoms with van der Waals surface area (Å²) in [6, 6.07) is 0.864. The Balaban J connectivity index is 0.00000242. The lowest BCUT2D eigenvalue weighted by Crippen LogP contribution is -2.49. The van der Waals surface area contributed by atoms with Gasteiger partial charge in [-0.3, -0.25) is 0 Å². The number of carbonyl (C=O) groups excluding carboxylic acids is 1. The molecule has 0 aromatic heterocycles. The van der Waals surface area contributed by atoms with Crippen molar-refractivity contribution in [2.75, 3.05) is 6.61 Å². The number of hydrogen-bond acceptors (Lipinski definition) is 3. The fourth-order valence-electron chi connectivity index (χ4n) is 1.74. The van der Waals surface area contributed by atoms with Crippen LogP contribution in [0.3, 0.4) is 0 Å². The first-order chi connectivity index (χ1) is 9.58. The van der Waals surface area contributed by atoms with Gasteiger partial charge in [-0.05, 0) is 17.7 Å². The highest BCUT2D eigenvalue weighted by Gasteiger charge is 2.47. The maximum absolute atomic E-state index is 13.6. The van der Waals surface area contributed by atoms with E-state index in [4.69, 9.17) is 11.6 Å². The van der Waals surface area contributed by atoms with Crippen molar-refractivity contribution in [3.63, 3.8) is 0 Å². The van der Waals surface area contributed by atoms with E-state index in [2.05, 4.69) is 9.47 Å². The predicted octanol–water partition coefficient (Wildman–Crippen LogP) is 4.08. The summed E-state index contributed by atoms with van der Waals surface area (Å²) in [7, 11) is 0. The molecule has 0 bridgehead atoms. The van der Waals surface area contributed by atoms with Crippen LogP contribution in [0.25, 0.3) is 0 Å². The number of hydrogen-bond donors (Lipinski definition) is 1. The molecule has 1 fully saturated rings. The normalized spacial score (nSPS) is 20.5. The van der Waals surface area contributed by atoms with Gasteiger partial charge in [0, 0.05) is 0 Å². The number of amides is 1. The van der Waals surface area contributed by atoms with Gasteiger partial charge in [0.05, 0.1) is 5.02 Å². The SMILES string of the molecule is Cl.O=C1N[C@H](c2ccc(OC(F)(F)F)c(Cl)c2)C(F)(F)CO1. The number of alkyl halides is 5. The highest BCUT2D eigenvalue weighted by atomic mass is 35.5. The van der Waals surface area contributed by atoms with Crippen molar-refractivity contribution in [1.82, 2.24) is 5.32 Å². The second kappa shape index (κ2) is 6.33. The summed E-state index contributed by atoms with van der Waals surface area (Å²) in [5.41, 5.74) is -0.170. The number of cyclic esters (lactones) is 1. The Labute approximate surface area is 131 Å². The average Bonchev–Trinajstić information content (AvgIpc) is 2.33. The number of alkyl carbamates (subject to hydrolysis) is 1. The minimum atomic E-state index is -4.96. The Hall–Kier alpha value is -1.48. The van der Waals surface area contributed by atoms with Crippen molar-refractivity contribution in [3.8, 4) is 5.75 Å². The van der Waals surface area contributed by atoms with Gasteiger partial charge in [0.25, 0.3) is 0 Å². The maximum Gasteiger partial charge on any atom is 0.573 e. The van der Waals surface area contributed by atoms with Crippen LogP contribution in [-0.2, 0) is 4.74 Å². The third-order valence-corrected chi connectivity index (χ3v) is 2.89. The Morgan fingerprint density at radius 1 is 1.36 bits per heavy atom. The van der Waals surface area contributed by atoms with Gasteiger partial charge in [-0.1, -0.05) is 17.7 Å². The standard InChI is InChI=1S/C11H7ClF5NO3.ClH/c12-6-3-5(1-2-7(6)21-11(15,16)17)8-10(13,14)4-20-9(19)18-8;/h1-3,8H,4H2,(H,18,19);1H/t8-;/m1./s1. The van der Waals surface area contributed by atoms with Gasteiger partial charge in [-0.25, -0.2) is 13.6 Å². The van der Waals surface area contributed by atoms with E-state index >= 15 is 0 Å². The molecule has 1 atom stereocenters. The lowest BCUT2D eigenvalue weighted by atomic mass is 10.00. The minimum absolute atomic E-state index is 0. The van der Waals surface area contributed by atoms with E-state index in [0.29, 0.717) is 0 Å². The molecule has 1 heterocycles. The van der Waals surface area contributed by atoms with Crippen LogP contribution in [-0.4, -0.2) is 25.0 Å². The van der Waals surface area contributed by atoms with Crippen LogP contribution in [0.15, 0.2) is 18.2 Å². The topological polar surface area (TPSA) is 47.6 Å². The van der Waals surface area contributed by atoms with Gasteiger partial charge >= 0.3 is 18.4 Å². The fourth-order valence-corrected chi connectivity index (χ4v) is 1.97. The smallest absolute Gasteiger partial charge is 0.443 e. The monoisotopic (exact) mass is 367 g/mol. The molecule has 2 rings (SSSR count). The number of benzene rings is 1. The first-order valence-electron chi connectivity index (χ1n) is 5.45. The Bertz CT molecular complexity index is 567. The number of halogens is 7. The first-order valence-corrected chi connectivity index (χ1v) is 5.82. The third-order valence-electron chi connectivity index (χ3n) is 2.60. The molecule has 1 aliphatic rings. The highest BCUT2D eigenvalue weighted by Crippen LogP contribution is 2.38. The fraction of sp³-hybridized carbons (Fsp3) is 0.364. The summed E-state index contributed by atoms with van der Waals surface area (Å²) in [6.45, 7) is -1.14. The molecule has 0 saturated carbocycles. The summed E-state index contributed by atoms with van der Waals surface area (Å²) in [5, 5.41) is 1.37. The number of nitrogens with one attached hydrogen (secondary N) is 1. The molecular formula is C11H8Cl2F5NO3. The molecule has 1 aromatic carbocycles. The minimum Gasteiger partial charge on any atom is -0.443 e. The van der Waals surface area contributed by atoms with E-state index in [1.807, 2.05) is 5.32 Å². The summed E-state index contributed by atoms with van der Waals surface area (Å²) in [5.74, 6) is -4.15. The summed E-state index contributed by atoms with van der Waals surface area (Å²) < 4.78 is 71.3. The zero-order valence-electron chi connectivity index (χ0n) is 10.4. The van der Waals surface area contributed by atoms with E-state index in [-0.39, 0.29) is 18.0 Å². The van der Waals surface area contributed by atoms with Crippen LogP contribution in [0.5, 0.6) is 5.75 Å². The number of rotatable bonds is 2. The van der Waals surface area contributed by atoms with Crippen LogP contribution in [0.1, 0.15) is 11.6 Å². The van der Waals surface area contributed by atoms with Crippen molar-refractivity contribution < 1.29 is 36.2 Å². The average molecular weight is 368 g/mol. The first kappa shape index (κ1) is 18.6. The highest BCUT2D eigenvalue weighted by molar-refractivity contribution is 6.32. The summed E-state index contributed by atoms with van der Waals surface area (Å²) in [4.78, 5) is 11.0. The lowest BCUT2D eigenvalue weighted by Gasteiger charge is -2.32. The van der Waals surface area contributed by atoms with Crippen molar-refractivity contribution in [2.24, 2.45) is 0 Å². The van der Waals surface area contributed by atoms with E-state index in [0.717, 1.165) is 18.2 Å². The van der Waals surface area contributed by atoms with Gasteiger partial charge < -0.3 is 14.8 Å². The Kier molecular flexibility index (Phi) is 5.34. The molecule has 0 unspecified atom stereocenters. The van der Waals surface area contributed by atoms with Gasteiger partial charge in [-0.15, -0.1) is 25.6 Å². The molecule has 1 aromatic rings. The van der Waals surface area contributed by atoms with Crippen LogP contribution in [0, 0.1) is 0 Å². The molecule has 124 valence electrons. The molecule has 1 aliphatic heterocycles. The van der Waals surface area contributed by atoms with E-state index in [1.165, 1.54) is 0 Å². The van der Waals surface area contributed by atoms with Crippen LogP contribution < -0.4 is 10.1 Å². The third kappa shape index (κ3) is 4.26. The molecule has 0 spiro atoms. The number of carbonyl (C=O) groups is 1. The summed E-state index contributed by atoms with van der Waals surface area (Å²) >= 11 is 5.57. The van der Waals surface area contributed by atoms with Gasteiger partial charge in [0.1, 0.15) is 11.8 Å². The second-order valence-electron chi connectivity index (χ2n) is 4.15. The van der Waals surface area contributed by atoms with Crippen LogP contribution in [0.4, 0.5) is 26.7 Å². The zero-order valence-corrected chi connectivity index (χ0v) is 12.0. The zero-order chi connectivity index (χ0) is 15.8. The van der Waals surface area contributed by atoms with Crippen LogP contribution in [0.2, 0.25) is 5.02 Å². The van der Waals surface area contributed by atoms with Crippen molar-refractivity contribution in [2.45, 2.75) is 18.3 Å². The quantitative estimate of drug-likeness (QED) is 0.801. The lowest BCUT2D eigenvalue weighted by molar-refractivity contribution is -0.274. The van der Waals surface area contributed by atoms with Gasteiger partial charge in [0.2, 0.25) is 0 Å². The Morgan fingerprint density at radius 3 is 2.55 bits per heavy atom. The number of ether oxygens (including phenoxy) is 2. The molecule has 0 radical (unpaired) electrons. The molecule has 4 nitrogen and oxygen atoms in total. The molecule has 0 aliphatic carbocycles. The van der Waals surface area contributed by atoms with Crippen molar-refractivity contribution in [3.05, 3.63) is 28.8 Å². The predicted molar refractivity (Wildman–Crippen MR) is 67.6 cm³/mol. The second-order valence-corrected chi connectivity index (χ2v) is 4.56. The van der Waals surface area contributed by atoms with Crippen molar-refractivity contribution >= 4 is 30.1 Å². The largest absolute Gasteiger partial charge is 0.573 e. The maximum atomic E-state index is 13.6.